The molecule has 0 atom stereocenters. The molecule has 0 spiro atoms. The summed E-state index contributed by atoms with van der Waals surface area (Å²) in [7, 11) is 0. The van der Waals surface area contributed by atoms with Crippen LogP contribution in [0.15, 0.2) is 54.6 Å². The second-order valence-corrected chi connectivity index (χ2v) is 8.73. The van der Waals surface area contributed by atoms with E-state index in [0.29, 0.717) is 35.2 Å². The molecule has 32 heavy (non-hydrogen) atoms. The lowest BCUT2D eigenvalue weighted by molar-refractivity contribution is 0.0689. The summed E-state index contributed by atoms with van der Waals surface area (Å²) in [5.41, 5.74) is 4.16. The molecule has 0 radical (unpaired) electrons. The monoisotopic (exact) mass is 444 g/mol. The Morgan fingerprint density at radius 2 is 1.91 bits per heavy atom. The van der Waals surface area contributed by atoms with Gasteiger partial charge in [0.2, 0.25) is 0 Å². The molecule has 1 aliphatic heterocycles. The zero-order valence-electron chi connectivity index (χ0n) is 17.3. The fraction of sp³-hybridized carbons (Fsp3) is 0.167. The highest BCUT2D eigenvalue weighted by Crippen LogP contribution is 2.29. The zero-order valence-corrected chi connectivity index (χ0v) is 18.1. The molecule has 5 rings (SSSR count). The molecule has 2 aromatic heterocycles. The molecule has 4 aromatic rings. The average Bonchev–Trinajstić information content (AvgIpc) is 3.20. The number of amides is 1. The number of carboxylic acid groups (broad SMARTS) is 1. The standard InChI is InChI=1S/C24H20N4O3S/c1-14-9-10-20(26-21(14)23(30)31)28-12-11-15-5-4-6-16(17(15)13-28)22(29)27-24-25-18-7-2-3-8-19(18)32-24/h2-10H,11-13H2,1H3,(H,30,31)(H,25,27,29). The van der Waals surface area contributed by atoms with Crippen LogP contribution < -0.4 is 10.2 Å². The lowest BCUT2D eigenvalue weighted by Gasteiger charge is -2.31. The van der Waals surface area contributed by atoms with Gasteiger partial charge in [-0.3, -0.25) is 10.1 Å². The van der Waals surface area contributed by atoms with Crippen molar-refractivity contribution in [2.45, 2.75) is 19.9 Å². The van der Waals surface area contributed by atoms with Crippen LogP contribution >= 0.6 is 11.3 Å². The van der Waals surface area contributed by atoms with Crippen LogP contribution in [-0.2, 0) is 13.0 Å². The van der Waals surface area contributed by atoms with E-state index in [1.54, 1.807) is 13.0 Å². The lowest BCUT2D eigenvalue weighted by Crippen LogP contribution is -2.33. The number of nitrogens with one attached hydrogen (secondary N) is 1. The van der Waals surface area contributed by atoms with Gasteiger partial charge in [-0.1, -0.05) is 41.7 Å². The van der Waals surface area contributed by atoms with Crippen molar-refractivity contribution in [3.05, 3.63) is 82.5 Å². The fourth-order valence-electron chi connectivity index (χ4n) is 3.99. The number of carbonyl (C=O) groups excluding carboxylic acids is 1. The second-order valence-electron chi connectivity index (χ2n) is 7.70. The van der Waals surface area contributed by atoms with Crippen LogP contribution in [0.3, 0.4) is 0 Å². The van der Waals surface area contributed by atoms with E-state index in [0.717, 1.165) is 27.8 Å². The molecule has 2 aromatic carbocycles. The van der Waals surface area contributed by atoms with Gasteiger partial charge < -0.3 is 10.0 Å². The molecular weight excluding hydrogens is 424 g/mol. The van der Waals surface area contributed by atoms with E-state index in [9.17, 15) is 14.7 Å². The van der Waals surface area contributed by atoms with Crippen molar-refractivity contribution in [3.63, 3.8) is 0 Å². The lowest BCUT2D eigenvalue weighted by atomic mass is 9.94. The Balaban J connectivity index is 1.43. The Kier molecular flexibility index (Phi) is 5.07. The van der Waals surface area contributed by atoms with Crippen molar-refractivity contribution >= 4 is 44.4 Å². The SMILES string of the molecule is Cc1ccc(N2CCc3cccc(C(=O)Nc4nc5ccccc5s4)c3C2)nc1C(=O)O. The first-order chi connectivity index (χ1) is 15.5. The number of hydrogen-bond donors (Lipinski definition) is 2. The van der Waals surface area contributed by atoms with Gasteiger partial charge in [-0.2, -0.15) is 0 Å². The van der Waals surface area contributed by atoms with E-state index in [-0.39, 0.29) is 11.6 Å². The van der Waals surface area contributed by atoms with Crippen molar-refractivity contribution in [2.75, 3.05) is 16.8 Å². The number of carboxylic acids is 1. The predicted molar refractivity (Wildman–Crippen MR) is 125 cm³/mol. The number of aromatic nitrogens is 2. The molecule has 0 unspecified atom stereocenters. The number of para-hydroxylation sites is 1. The number of fused-ring (bicyclic) bond motifs is 2. The minimum atomic E-state index is -1.04. The Bertz CT molecular complexity index is 1330. The number of anilines is 2. The largest absolute Gasteiger partial charge is 0.477 e. The Morgan fingerprint density at radius 1 is 1.06 bits per heavy atom. The first kappa shape index (κ1) is 20.1. The van der Waals surface area contributed by atoms with E-state index < -0.39 is 5.97 Å². The van der Waals surface area contributed by atoms with Crippen LogP contribution in [0.5, 0.6) is 0 Å². The molecule has 0 saturated heterocycles. The summed E-state index contributed by atoms with van der Waals surface area (Å²) in [5, 5.41) is 12.9. The minimum absolute atomic E-state index is 0.0511. The molecule has 0 fully saturated rings. The molecule has 3 heterocycles. The number of aryl methyl sites for hydroxylation is 1. The van der Waals surface area contributed by atoms with E-state index >= 15 is 0 Å². The number of aromatic carboxylic acids is 1. The molecule has 0 bridgehead atoms. The van der Waals surface area contributed by atoms with Crippen molar-refractivity contribution in [2.24, 2.45) is 0 Å². The molecular formula is C24H20N4O3S. The van der Waals surface area contributed by atoms with Crippen LogP contribution in [0, 0.1) is 6.92 Å². The van der Waals surface area contributed by atoms with Crippen molar-refractivity contribution in [1.82, 2.24) is 9.97 Å². The predicted octanol–water partition coefficient (Wildman–Crippen LogP) is 4.51. The number of hydrogen-bond acceptors (Lipinski definition) is 6. The summed E-state index contributed by atoms with van der Waals surface area (Å²) in [6, 6.07) is 17.1. The second kappa shape index (κ2) is 8.05. The van der Waals surface area contributed by atoms with Gasteiger partial charge >= 0.3 is 5.97 Å². The summed E-state index contributed by atoms with van der Waals surface area (Å²) in [5.74, 6) is -0.649. The summed E-state index contributed by atoms with van der Waals surface area (Å²) < 4.78 is 1.02. The Hall–Kier alpha value is -3.78. The number of rotatable bonds is 4. The fourth-order valence-corrected chi connectivity index (χ4v) is 4.85. The van der Waals surface area contributed by atoms with Gasteiger partial charge in [0.1, 0.15) is 5.82 Å². The Morgan fingerprint density at radius 3 is 2.72 bits per heavy atom. The van der Waals surface area contributed by atoms with Gasteiger partial charge in [-0.15, -0.1) is 0 Å². The third kappa shape index (κ3) is 3.69. The van der Waals surface area contributed by atoms with E-state index in [1.165, 1.54) is 11.3 Å². The first-order valence-corrected chi connectivity index (χ1v) is 11.0. The molecule has 0 aliphatic carbocycles. The molecule has 1 aliphatic rings. The van der Waals surface area contributed by atoms with Gasteiger partial charge in [-0.05, 0) is 54.3 Å². The molecule has 2 N–H and O–H groups in total. The third-order valence-corrected chi connectivity index (χ3v) is 6.59. The first-order valence-electron chi connectivity index (χ1n) is 10.2. The Labute approximate surface area is 188 Å². The van der Waals surface area contributed by atoms with E-state index in [4.69, 9.17) is 0 Å². The van der Waals surface area contributed by atoms with Crippen molar-refractivity contribution in [1.29, 1.82) is 0 Å². The molecule has 1 amide bonds. The van der Waals surface area contributed by atoms with Crippen LogP contribution in [0.4, 0.5) is 10.9 Å². The number of benzene rings is 2. The van der Waals surface area contributed by atoms with Crippen molar-refractivity contribution in [3.8, 4) is 0 Å². The van der Waals surface area contributed by atoms with Crippen molar-refractivity contribution < 1.29 is 14.7 Å². The number of thiazole rings is 1. The van der Waals surface area contributed by atoms with Crippen LogP contribution in [0.25, 0.3) is 10.2 Å². The maximum Gasteiger partial charge on any atom is 0.354 e. The molecule has 0 saturated carbocycles. The molecule has 8 heteroatoms. The smallest absolute Gasteiger partial charge is 0.354 e. The maximum atomic E-state index is 13.1. The minimum Gasteiger partial charge on any atom is -0.477 e. The summed E-state index contributed by atoms with van der Waals surface area (Å²) >= 11 is 1.44. The van der Waals surface area contributed by atoms with Crippen LogP contribution in [-0.4, -0.2) is 33.5 Å². The van der Waals surface area contributed by atoms with Gasteiger partial charge in [0.15, 0.2) is 10.8 Å². The number of pyridine rings is 1. The zero-order chi connectivity index (χ0) is 22.2. The quantitative estimate of drug-likeness (QED) is 0.481. The van der Waals surface area contributed by atoms with Gasteiger partial charge in [-0.25, -0.2) is 14.8 Å². The molecule has 7 nitrogen and oxygen atoms in total. The number of nitrogens with zero attached hydrogens (tertiary/aromatic N) is 3. The van der Waals surface area contributed by atoms with Gasteiger partial charge in [0, 0.05) is 18.7 Å². The maximum absolute atomic E-state index is 13.1. The van der Waals surface area contributed by atoms with Crippen LogP contribution in [0.1, 0.15) is 37.5 Å². The van der Waals surface area contributed by atoms with Gasteiger partial charge in [0.05, 0.1) is 10.2 Å². The topological polar surface area (TPSA) is 95.4 Å². The van der Waals surface area contributed by atoms with E-state index in [2.05, 4.69) is 15.3 Å². The average molecular weight is 445 g/mol. The molecule has 160 valence electrons. The normalized spacial score (nSPS) is 13.1. The highest BCUT2D eigenvalue weighted by molar-refractivity contribution is 7.22. The van der Waals surface area contributed by atoms with E-state index in [1.807, 2.05) is 53.4 Å². The third-order valence-electron chi connectivity index (χ3n) is 5.64. The highest BCUT2D eigenvalue weighted by Gasteiger charge is 2.24. The summed E-state index contributed by atoms with van der Waals surface area (Å²) in [6.45, 7) is 2.91. The number of carbonyl (C=O) groups is 2. The summed E-state index contributed by atoms with van der Waals surface area (Å²) in [4.78, 5) is 35.5. The van der Waals surface area contributed by atoms with Gasteiger partial charge in [0.25, 0.3) is 5.91 Å². The van der Waals surface area contributed by atoms with Crippen LogP contribution in [0.2, 0.25) is 0 Å². The highest BCUT2D eigenvalue weighted by atomic mass is 32.1. The summed E-state index contributed by atoms with van der Waals surface area (Å²) in [6.07, 6.45) is 0.746.